The first-order valence-electron chi connectivity index (χ1n) is 3.70. The molecule has 0 aromatic rings. The van der Waals surface area contributed by atoms with E-state index < -0.39 is 34.4 Å². The number of carbonyl (C=O) groups is 2. The zero-order valence-electron chi connectivity index (χ0n) is 7.38. The first-order chi connectivity index (χ1) is 6.74. The Bertz CT molecular complexity index is 431. The number of halogens is 1. The minimum absolute atomic E-state index is 0.253. The first kappa shape index (κ1) is 12.0. The molecule has 0 unspecified atom stereocenters. The summed E-state index contributed by atoms with van der Waals surface area (Å²) in [5, 5.41) is 0. The highest BCUT2D eigenvalue weighted by Crippen LogP contribution is 2.21. The molecular formula is C6H7ClN2O5S. The van der Waals surface area contributed by atoms with Crippen LogP contribution in [0.1, 0.15) is 0 Å². The summed E-state index contributed by atoms with van der Waals surface area (Å²) in [6, 6.07) is -0.879. The van der Waals surface area contributed by atoms with Gasteiger partial charge in [0.1, 0.15) is 5.70 Å². The lowest BCUT2D eigenvalue weighted by Crippen LogP contribution is -2.34. The van der Waals surface area contributed by atoms with E-state index in [9.17, 15) is 18.0 Å². The molecule has 84 valence electrons. The summed E-state index contributed by atoms with van der Waals surface area (Å²) in [6.45, 7) is 2.77. The Morgan fingerprint density at radius 3 is 2.27 bits per heavy atom. The molecule has 0 atom stereocenters. The third-order valence-corrected chi connectivity index (χ3v) is 2.75. The van der Waals surface area contributed by atoms with Gasteiger partial charge in [-0.15, -0.1) is 0 Å². The van der Waals surface area contributed by atoms with Gasteiger partial charge in [-0.2, -0.15) is 12.8 Å². The van der Waals surface area contributed by atoms with Crippen LogP contribution < -0.4 is 0 Å². The number of carbonyl (C=O) groups excluding carboxylic acids is 2. The summed E-state index contributed by atoms with van der Waals surface area (Å²) in [4.78, 5) is 23.0. The summed E-state index contributed by atoms with van der Waals surface area (Å²) in [5.41, 5.74) is -0.253. The fourth-order valence-electron chi connectivity index (χ4n) is 0.952. The first-order valence-corrected chi connectivity index (χ1v) is 5.64. The fourth-order valence-corrected chi connectivity index (χ4v) is 1.53. The Balaban J connectivity index is 2.76. The van der Waals surface area contributed by atoms with Crippen molar-refractivity contribution in [1.29, 1.82) is 0 Å². The van der Waals surface area contributed by atoms with Crippen LogP contribution in [0.3, 0.4) is 0 Å². The average molecular weight is 255 g/mol. The molecule has 1 N–H and O–H groups in total. The second-order valence-corrected chi connectivity index (χ2v) is 4.66. The molecule has 0 radical (unpaired) electrons. The van der Waals surface area contributed by atoms with Gasteiger partial charge in [0.15, 0.2) is 0 Å². The van der Waals surface area contributed by atoms with E-state index in [2.05, 4.69) is 6.58 Å². The van der Waals surface area contributed by atoms with Gasteiger partial charge in [-0.1, -0.05) is 6.58 Å². The minimum Gasteiger partial charge on any atom is -0.285 e. The molecule has 1 rings (SSSR count). The molecule has 0 bridgehead atoms. The molecule has 0 aliphatic carbocycles. The monoisotopic (exact) mass is 254 g/mol. The molecule has 1 fully saturated rings. The molecule has 1 heterocycles. The van der Waals surface area contributed by atoms with Crippen LogP contribution in [-0.2, 0) is 14.9 Å². The summed E-state index contributed by atoms with van der Waals surface area (Å²) < 4.78 is 29.7. The highest BCUT2D eigenvalue weighted by atomic mass is 35.5. The van der Waals surface area contributed by atoms with E-state index in [-0.39, 0.29) is 5.70 Å². The normalized spacial score (nSPS) is 17.9. The van der Waals surface area contributed by atoms with Crippen molar-refractivity contribution in [1.82, 2.24) is 9.32 Å². The van der Waals surface area contributed by atoms with Crippen molar-refractivity contribution in [3.63, 3.8) is 0 Å². The second kappa shape index (κ2) is 3.80. The summed E-state index contributed by atoms with van der Waals surface area (Å²) in [7, 11) is -4.23. The maximum atomic E-state index is 11.2. The lowest BCUT2D eigenvalue weighted by molar-refractivity contribution is -0.122. The van der Waals surface area contributed by atoms with E-state index >= 15 is 0 Å². The molecule has 1 aliphatic rings. The van der Waals surface area contributed by atoms with Crippen molar-refractivity contribution in [2.45, 2.75) is 0 Å². The predicted molar refractivity (Wildman–Crippen MR) is 50.4 cm³/mol. The van der Waals surface area contributed by atoms with E-state index in [1.165, 1.54) is 0 Å². The van der Waals surface area contributed by atoms with Crippen molar-refractivity contribution >= 4 is 33.8 Å². The molecule has 0 aromatic heterocycles. The lowest BCUT2D eigenvalue weighted by atomic mass is 10.5. The highest BCUT2D eigenvalue weighted by molar-refractivity contribution is 7.85. The Hall–Kier alpha value is -1.12. The zero-order chi connectivity index (χ0) is 11.8. The Morgan fingerprint density at radius 1 is 1.40 bits per heavy atom. The largest absolute Gasteiger partial charge is 0.346 e. The molecular weight excluding hydrogens is 248 g/mol. The van der Waals surface area contributed by atoms with E-state index in [1.54, 1.807) is 0 Å². The van der Waals surface area contributed by atoms with Gasteiger partial charge in [0.2, 0.25) is 0 Å². The average Bonchev–Trinajstić information content (AvgIpc) is 2.28. The number of imide groups is 1. The van der Waals surface area contributed by atoms with Crippen molar-refractivity contribution in [3.05, 3.63) is 12.3 Å². The summed E-state index contributed by atoms with van der Waals surface area (Å²) >= 11 is 5.36. The van der Waals surface area contributed by atoms with Crippen molar-refractivity contribution in [3.8, 4) is 0 Å². The van der Waals surface area contributed by atoms with Gasteiger partial charge in [-0.25, -0.2) is 4.79 Å². The van der Waals surface area contributed by atoms with Crippen LogP contribution in [0, 0.1) is 0 Å². The SMILES string of the molecule is C=C1C(=O)N(CCS(=O)(=O)O)C(=O)N1Cl. The van der Waals surface area contributed by atoms with Crippen LogP contribution in [0.25, 0.3) is 0 Å². The van der Waals surface area contributed by atoms with Gasteiger partial charge in [0, 0.05) is 18.3 Å². The van der Waals surface area contributed by atoms with Gasteiger partial charge >= 0.3 is 6.03 Å². The smallest absolute Gasteiger partial charge is 0.285 e. The molecule has 0 spiro atoms. The maximum absolute atomic E-state index is 11.2. The number of amides is 3. The fraction of sp³-hybridized carbons (Fsp3) is 0.333. The predicted octanol–water partition coefficient (Wildman–Crippen LogP) is -0.194. The maximum Gasteiger partial charge on any atom is 0.346 e. The molecule has 9 heteroatoms. The molecule has 15 heavy (non-hydrogen) atoms. The molecule has 3 amide bonds. The topological polar surface area (TPSA) is 95.0 Å². The summed E-state index contributed by atoms with van der Waals surface area (Å²) in [5.74, 6) is -1.51. The van der Waals surface area contributed by atoms with Crippen LogP contribution in [0.2, 0.25) is 0 Å². The Morgan fingerprint density at radius 2 is 1.93 bits per heavy atom. The van der Waals surface area contributed by atoms with Gasteiger partial charge in [-0.05, 0) is 0 Å². The number of hydrogen-bond acceptors (Lipinski definition) is 4. The van der Waals surface area contributed by atoms with Crippen LogP contribution in [0.4, 0.5) is 4.79 Å². The van der Waals surface area contributed by atoms with Gasteiger partial charge in [0.25, 0.3) is 16.0 Å². The van der Waals surface area contributed by atoms with Crippen LogP contribution in [0.5, 0.6) is 0 Å². The van der Waals surface area contributed by atoms with Crippen molar-refractivity contribution < 1.29 is 22.6 Å². The van der Waals surface area contributed by atoms with E-state index in [4.69, 9.17) is 16.3 Å². The Kier molecular flexibility index (Phi) is 3.03. The van der Waals surface area contributed by atoms with Crippen molar-refractivity contribution in [2.24, 2.45) is 0 Å². The van der Waals surface area contributed by atoms with E-state index in [0.29, 0.717) is 9.32 Å². The minimum atomic E-state index is -4.23. The van der Waals surface area contributed by atoms with Gasteiger partial charge in [-0.3, -0.25) is 14.2 Å². The van der Waals surface area contributed by atoms with Crippen LogP contribution in [-0.4, -0.2) is 46.5 Å². The van der Waals surface area contributed by atoms with E-state index in [1.807, 2.05) is 0 Å². The second-order valence-electron chi connectivity index (χ2n) is 2.75. The number of nitrogens with zero attached hydrogens (tertiary/aromatic N) is 2. The van der Waals surface area contributed by atoms with Crippen LogP contribution in [0.15, 0.2) is 12.3 Å². The van der Waals surface area contributed by atoms with E-state index in [0.717, 1.165) is 0 Å². The molecule has 1 aliphatic heterocycles. The number of hydrogen-bond donors (Lipinski definition) is 1. The van der Waals surface area contributed by atoms with Gasteiger partial charge < -0.3 is 0 Å². The lowest BCUT2D eigenvalue weighted by Gasteiger charge is -2.10. The molecule has 0 saturated carbocycles. The quantitative estimate of drug-likeness (QED) is 0.326. The zero-order valence-corrected chi connectivity index (χ0v) is 8.95. The van der Waals surface area contributed by atoms with Crippen molar-refractivity contribution in [2.75, 3.05) is 12.3 Å². The van der Waals surface area contributed by atoms with Crippen LogP contribution >= 0.6 is 11.8 Å². The Labute approximate surface area is 90.8 Å². The third kappa shape index (κ3) is 2.46. The molecule has 1 saturated heterocycles. The third-order valence-electron chi connectivity index (χ3n) is 1.70. The standard InChI is InChI=1S/C6H7ClN2O5S/c1-4-5(10)8(6(11)9(4)7)2-3-15(12,13)14/h1-3H2,(H,12,13,14). The summed E-state index contributed by atoms with van der Waals surface area (Å²) in [6.07, 6.45) is 0. The highest BCUT2D eigenvalue weighted by Gasteiger charge is 2.39. The number of urea groups is 1. The number of rotatable bonds is 3. The molecule has 0 aromatic carbocycles. The molecule has 7 nitrogen and oxygen atoms in total. The van der Waals surface area contributed by atoms with Gasteiger partial charge in [0.05, 0.1) is 5.75 Å².